The Morgan fingerprint density at radius 2 is 1.95 bits per heavy atom. The molecule has 0 saturated carbocycles. The number of halogens is 1. The molecule has 0 spiro atoms. The van der Waals surface area contributed by atoms with Gasteiger partial charge in [0.25, 0.3) is 5.56 Å². The first-order valence-electron chi connectivity index (χ1n) is 12.9. The summed E-state index contributed by atoms with van der Waals surface area (Å²) < 4.78 is 26.2. The number of hydrogen-bond acceptors (Lipinski definition) is 10. The van der Waals surface area contributed by atoms with E-state index in [0.717, 1.165) is 4.57 Å². The van der Waals surface area contributed by atoms with E-state index in [1.165, 1.54) is 56.2 Å². The van der Waals surface area contributed by atoms with Gasteiger partial charge in [-0.25, -0.2) is 9.18 Å². The van der Waals surface area contributed by atoms with Gasteiger partial charge in [-0.3, -0.25) is 18.7 Å². The number of nitriles is 1. The maximum absolute atomic E-state index is 14.0. The number of benzene rings is 1. The molecule has 224 valence electrons. The van der Waals surface area contributed by atoms with Crippen LogP contribution < -0.4 is 16.0 Å². The molecular weight excluding hydrogens is 569 g/mol. The highest BCUT2D eigenvalue weighted by atomic mass is 32.1. The quantitative estimate of drug-likeness (QED) is 0.269. The van der Waals surface area contributed by atoms with Crippen LogP contribution in [0.15, 0.2) is 40.2 Å². The second-order valence-corrected chi connectivity index (χ2v) is 9.91. The lowest BCUT2D eigenvalue weighted by Gasteiger charge is -2.17. The number of hydrogen-bond donors (Lipinski definition) is 1. The molecule has 3 aromatic heterocycles. The summed E-state index contributed by atoms with van der Waals surface area (Å²) in [4.78, 5) is 42.9. The van der Waals surface area contributed by atoms with Gasteiger partial charge in [0.15, 0.2) is 6.61 Å². The van der Waals surface area contributed by atoms with E-state index in [1.54, 1.807) is 28.0 Å². The third kappa shape index (κ3) is 7.27. The highest BCUT2D eigenvalue weighted by Crippen LogP contribution is 2.30. The highest BCUT2D eigenvalue weighted by molar-refractivity contribution is 7.21. The average Bonchev–Trinajstić information content (AvgIpc) is 3.63. The number of amides is 1. The van der Waals surface area contributed by atoms with Crippen molar-refractivity contribution in [2.75, 3.05) is 40.5 Å². The molecule has 0 fully saturated rings. The molecule has 0 aliphatic heterocycles. The fraction of sp³-hybridized carbons (Fsp3) is 0.407. The van der Waals surface area contributed by atoms with Crippen molar-refractivity contribution in [3.63, 3.8) is 0 Å². The molecule has 0 atom stereocenters. The van der Waals surface area contributed by atoms with E-state index in [0.29, 0.717) is 39.9 Å². The summed E-state index contributed by atoms with van der Waals surface area (Å²) in [5.74, 6) is -0.551. The van der Waals surface area contributed by atoms with Crippen molar-refractivity contribution in [1.29, 1.82) is 5.26 Å². The van der Waals surface area contributed by atoms with E-state index in [9.17, 15) is 18.8 Å². The molecule has 1 N–H and O–H groups in total. The van der Waals surface area contributed by atoms with E-state index in [1.807, 2.05) is 6.07 Å². The molecule has 1 amide bonds. The van der Waals surface area contributed by atoms with Crippen molar-refractivity contribution in [3.05, 3.63) is 68.4 Å². The van der Waals surface area contributed by atoms with Crippen LogP contribution in [0.2, 0.25) is 0 Å². The van der Waals surface area contributed by atoms with E-state index < -0.39 is 23.6 Å². The minimum atomic E-state index is -0.660. The number of aliphatic hydroxyl groups excluding tert-OH is 1. The second-order valence-electron chi connectivity index (χ2n) is 8.93. The number of aliphatic hydroxyl groups is 1. The van der Waals surface area contributed by atoms with Gasteiger partial charge in [-0.15, -0.1) is 4.80 Å². The fourth-order valence-electron chi connectivity index (χ4n) is 3.98. The van der Waals surface area contributed by atoms with Gasteiger partial charge in [-0.1, -0.05) is 11.3 Å². The number of methoxy groups -OCH3 is 1. The van der Waals surface area contributed by atoms with Crippen LogP contribution in [-0.2, 0) is 29.0 Å². The molecule has 0 radical (unpaired) electrons. The Labute approximate surface area is 244 Å². The Hall–Kier alpha value is -4.39. The van der Waals surface area contributed by atoms with Gasteiger partial charge in [-0.05, 0) is 44.0 Å². The van der Waals surface area contributed by atoms with Crippen LogP contribution in [0.4, 0.5) is 4.39 Å². The van der Waals surface area contributed by atoms with Crippen LogP contribution in [0.25, 0.3) is 15.2 Å². The van der Waals surface area contributed by atoms with Crippen molar-refractivity contribution in [2.24, 2.45) is 0 Å². The van der Waals surface area contributed by atoms with Gasteiger partial charge in [-0.2, -0.15) is 15.5 Å². The lowest BCUT2D eigenvalue weighted by atomic mass is 10.1. The largest absolute Gasteiger partial charge is 0.478 e. The first kappa shape index (κ1) is 32.1. The summed E-state index contributed by atoms with van der Waals surface area (Å²) in [7, 11) is 3.14. The van der Waals surface area contributed by atoms with Gasteiger partial charge < -0.3 is 19.5 Å². The van der Waals surface area contributed by atoms with Gasteiger partial charge in [0.2, 0.25) is 5.91 Å². The standard InChI is InChI=1S/C24H24FN7O4S.C3H8O2/c1-4-29(3)19(33)14-31-21(34)20-15(2)22(32-27-9-10-28-32)37-23(20)30(24(31)35)11-7-16-13-17(25)5-6-18(16)36-12-8-26;1-5-3-2-4/h5-6,9-10,13H,4,7,11-12,14H2,1-3H3;4H,2-3H2,1H3. The number of thiophene rings is 1. The Bertz CT molecular complexity index is 1670. The van der Waals surface area contributed by atoms with Crippen molar-refractivity contribution >= 4 is 27.5 Å². The van der Waals surface area contributed by atoms with Crippen LogP contribution in [-0.4, -0.2) is 80.6 Å². The van der Waals surface area contributed by atoms with Crippen molar-refractivity contribution in [3.8, 4) is 16.8 Å². The normalized spacial score (nSPS) is 10.7. The zero-order valence-corrected chi connectivity index (χ0v) is 24.6. The Morgan fingerprint density at radius 1 is 1.24 bits per heavy atom. The molecule has 1 aromatic carbocycles. The molecule has 42 heavy (non-hydrogen) atoms. The summed E-state index contributed by atoms with van der Waals surface area (Å²) in [6.07, 6.45) is 3.17. The number of aromatic nitrogens is 5. The Morgan fingerprint density at radius 3 is 2.55 bits per heavy atom. The van der Waals surface area contributed by atoms with Crippen molar-refractivity contribution in [2.45, 2.75) is 33.4 Å². The first-order valence-corrected chi connectivity index (χ1v) is 13.7. The minimum Gasteiger partial charge on any atom is -0.478 e. The van der Waals surface area contributed by atoms with Crippen molar-refractivity contribution in [1.82, 2.24) is 29.0 Å². The number of rotatable bonds is 11. The van der Waals surface area contributed by atoms with E-state index in [2.05, 4.69) is 14.9 Å². The summed E-state index contributed by atoms with van der Waals surface area (Å²) in [6.45, 7) is 3.94. The third-order valence-corrected chi connectivity index (χ3v) is 7.56. The van der Waals surface area contributed by atoms with Crippen molar-refractivity contribution < 1.29 is 23.8 Å². The molecule has 3 heterocycles. The number of carbonyl (C=O) groups excluding carboxylic acids is 1. The maximum atomic E-state index is 14.0. The first-order chi connectivity index (χ1) is 20.2. The van der Waals surface area contributed by atoms with Gasteiger partial charge in [0.05, 0.1) is 31.0 Å². The number of ether oxygens (including phenoxy) is 2. The Kier molecular flexibility index (Phi) is 11.5. The molecule has 4 aromatic rings. The molecule has 0 aliphatic rings. The molecule has 0 saturated heterocycles. The van der Waals surface area contributed by atoms with Gasteiger partial charge >= 0.3 is 5.69 Å². The molecule has 0 unspecified atom stereocenters. The molecule has 0 bridgehead atoms. The van der Waals surface area contributed by atoms with Crippen LogP contribution in [0.3, 0.4) is 0 Å². The molecule has 15 heteroatoms. The monoisotopic (exact) mass is 601 g/mol. The van der Waals surface area contributed by atoms with Crippen LogP contribution in [0.5, 0.6) is 5.75 Å². The molecule has 0 aliphatic carbocycles. The SMILES string of the molecule is CCN(C)C(=O)Cn1c(=O)c2c(C)c(-n3nccn3)sc2n(CCc2cc(F)ccc2OCC#N)c1=O.COCCO. The zero-order chi connectivity index (χ0) is 30.8. The van der Waals surface area contributed by atoms with Gasteiger partial charge in [0, 0.05) is 32.8 Å². The lowest BCUT2D eigenvalue weighted by molar-refractivity contribution is -0.130. The summed E-state index contributed by atoms with van der Waals surface area (Å²) >= 11 is 1.18. The summed E-state index contributed by atoms with van der Waals surface area (Å²) in [6, 6.07) is 5.81. The van der Waals surface area contributed by atoms with Crippen LogP contribution in [0.1, 0.15) is 18.1 Å². The predicted octanol–water partition coefficient (Wildman–Crippen LogP) is 1.50. The third-order valence-electron chi connectivity index (χ3n) is 6.28. The fourth-order valence-corrected chi connectivity index (χ4v) is 5.22. The minimum absolute atomic E-state index is 0.0612. The predicted molar refractivity (Wildman–Crippen MR) is 153 cm³/mol. The number of aryl methyl sites for hydroxylation is 3. The number of nitrogens with zero attached hydrogens (tertiary/aromatic N) is 7. The number of likely N-dealkylation sites (N-methyl/N-ethyl adjacent to an activating group) is 1. The molecular formula is C27H32FN7O6S. The second kappa shape index (κ2) is 15.0. The lowest BCUT2D eigenvalue weighted by Crippen LogP contribution is -2.44. The average molecular weight is 602 g/mol. The van der Waals surface area contributed by atoms with Gasteiger partial charge in [0.1, 0.15) is 34.0 Å². The smallest absolute Gasteiger partial charge is 0.332 e. The molecule has 13 nitrogen and oxygen atoms in total. The zero-order valence-electron chi connectivity index (χ0n) is 23.7. The maximum Gasteiger partial charge on any atom is 0.332 e. The summed E-state index contributed by atoms with van der Waals surface area (Å²) in [5, 5.41) is 25.9. The Balaban J connectivity index is 0.000000892. The number of fused-ring (bicyclic) bond motifs is 1. The van der Waals surface area contributed by atoms with E-state index in [4.69, 9.17) is 15.1 Å². The van der Waals surface area contributed by atoms with E-state index in [-0.39, 0.29) is 37.5 Å². The topological polar surface area (TPSA) is 158 Å². The van der Waals surface area contributed by atoms with Crippen LogP contribution >= 0.6 is 11.3 Å². The molecule has 4 rings (SSSR count). The van der Waals surface area contributed by atoms with Crippen LogP contribution in [0, 0.1) is 24.1 Å². The van der Waals surface area contributed by atoms with E-state index >= 15 is 0 Å². The summed E-state index contributed by atoms with van der Waals surface area (Å²) in [5.41, 5.74) is -0.210. The highest BCUT2D eigenvalue weighted by Gasteiger charge is 2.23. The number of carbonyl (C=O) groups is 1.